The van der Waals surface area contributed by atoms with Crippen LogP contribution in [0, 0.1) is 11.8 Å². The van der Waals surface area contributed by atoms with Crippen LogP contribution < -0.4 is 9.62 Å². The fraction of sp³-hybridized carbons (Fsp3) is 0.579. The molecule has 27 heavy (non-hydrogen) atoms. The zero-order valence-electron chi connectivity index (χ0n) is 15.6. The number of hydrogen-bond donors (Lipinski definition) is 2. The highest BCUT2D eigenvalue weighted by Crippen LogP contribution is 2.34. The summed E-state index contributed by atoms with van der Waals surface area (Å²) < 4.78 is 28.0. The predicted octanol–water partition coefficient (Wildman–Crippen LogP) is 2.15. The van der Waals surface area contributed by atoms with E-state index in [1.54, 1.807) is 17.0 Å². The minimum absolute atomic E-state index is 0.0211. The summed E-state index contributed by atoms with van der Waals surface area (Å²) in [6.07, 6.45) is 3.26. The number of hydrogen-bond acceptors (Lipinski definition) is 4. The number of carbonyl (C=O) groups excluding carboxylic acids is 1. The summed E-state index contributed by atoms with van der Waals surface area (Å²) >= 11 is 0. The standard InChI is InChI=1S/C19H26N2O5S/c1-12-9-16-10-17(7-8-18(16)21(12)13(2)22)27(25,26)20-11-14-3-5-15(6-4-14)19(23)24/h7-8,10,12,14-15,20H,3-6,9,11H2,1-2H3,(H,23,24)/t12-,14?,15?/m1/s1. The highest BCUT2D eigenvalue weighted by Gasteiger charge is 2.31. The summed E-state index contributed by atoms with van der Waals surface area (Å²) in [6, 6.07) is 4.91. The zero-order chi connectivity index (χ0) is 19.8. The Morgan fingerprint density at radius 1 is 1.22 bits per heavy atom. The molecule has 0 aromatic heterocycles. The van der Waals surface area contributed by atoms with Gasteiger partial charge in [-0.1, -0.05) is 0 Å². The third-order valence-electron chi connectivity index (χ3n) is 5.67. The van der Waals surface area contributed by atoms with E-state index in [2.05, 4.69) is 4.72 Å². The molecule has 8 heteroatoms. The molecule has 1 aliphatic carbocycles. The average Bonchev–Trinajstić information content (AvgIpc) is 2.95. The molecule has 1 aliphatic heterocycles. The van der Waals surface area contributed by atoms with E-state index in [-0.39, 0.29) is 28.7 Å². The second-order valence-electron chi connectivity index (χ2n) is 7.64. The number of fused-ring (bicyclic) bond motifs is 1. The summed E-state index contributed by atoms with van der Waals surface area (Å²) in [5.74, 6) is -0.952. The molecule has 0 radical (unpaired) electrons. The third-order valence-corrected chi connectivity index (χ3v) is 7.10. The quantitative estimate of drug-likeness (QED) is 0.796. The van der Waals surface area contributed by atoms with Crippen molar-refractivity contribution in [2.75, 3.05) is 11.4 Å². The van der Waals surface area contributed by atoms with Crippen LogP contribution in [-0.2, 0) is 26.0 Å². The van der Waals surface area contributed by atoms with Crippen LogP contribution in [0.4, 0.5) is 5.69 Å². The van der Waals surface area contributed by atoms with Gasteiger partial charge in [-0.05, 0) is 68.7 Å². The summed E-state index contributed by atoms with van der Waals surface area (Å²) in [5.41, 5.74) is 1.64. The molecular weight excluding hydrogens is 368 g/mol. The summed E-state index contributed by atoms with van der Waals surface area (Å²) in [4.78, 5) is 24.7. The van der Waals surface area contributed by atoms with E-state index >= 15 is 0 Å². The van der Waals surface area contributed by atoms with Crippen LogP contribution in [-0.4, -0.2) is 38.0 Å². The van der Waals surface area contributed by atoms with Gasteiger partial charge in [0.25, 0.3) is 0 Å². The summed E-state index contributed by atoms with van der Waals surface area (Å²) in [5, 5.41) is 9.04. The monoisotopic (exact) mass is 394 g/mol. The van der Waals surface area contributed by atoms with Crippen LogP contribution in [0.3, 0.4) is 0 Å². The Morgan fingerprint density at radius 3 is 2.48 bits per heavy atom. The lowest BCUT2D eigenvalue weighted by molar-refractivity contribution is -0.143. The molecule has 0 saturated heterocycles. The van der Waals surface area contributed by atoms with Crippen molar-refractivity contribution < 1.29 is 23.1 Å². The van der Waals surface area contributed by atoms with Crippen molar-refractivity contribution in [1.82, 2.24) is 4.72 Å². The second-order valence-corrected chi connectivity index (χ2v) is 9.41. The maximum Gasteiger partial charge on any atom is 0.306 e. The van der Waals surface area contributed by atoms with Gasteiger partial charge in [0.1, 0.15) is 0 Å². The number of rotatable bonds is 5. The van der Waals surface area contributed by atoms with E-state index in [9.17, 15) is 18.0 Å². The third kappa shape index (κ3) is 4.16. The molecule has 1 aromatic rings. The second kappa shape index (κ2) is 7.59. The predicted molar refractivity (Wildman–Crippen MR) is 101 cm³/mol. The number of benzene rings is 1. The molecule has 1 heterocycles. The Labute approximate surface area is 159 Å². The lowest BCUT2D eigenvalue weighted by atomic mass is 9.82. The van der Waals surface area contributed by atoms with Gasteiger partial charge in [0, 0.05) is 25.2 Å². The number of nitrogens with zero attached hydrogens (tertiary/aromatic N) is 1. The normalized spacial score (nSPS) is 25.3. The molecule has 148 valence electrons. The number of carbonyl (C=O) groups is 2. The van der Waals surface area contributed by atoms with Crippen LogP contribution in [0.2, 0.25) is 0 Å². The summed E-state index contributed by atoms with van der Waals surface area (Å²) in [6.45, 7) is 3.78. The van der Waals surface area contributed by atoms with Gasteiger partial charge in [-0.3, -0.25) is 9.59 Å². The molecule has 7 nitrogen and oxygen atoms in total. The van der Waals surface area contributed by atoms with Crippen molar-refractivity contribution in [2.45, 2.75) is 56.9 Å². The minimum Gasteiger partial charge on any atom is -0.481 e. The van der Waals surface area contributed by atoms with Gasteiger partial charge in [0.2, 0.25) is 15.9 Å². The number of aliphatic carboxylic acids is 1. The number of anilines is 1. The molecule has 1 aromatic carbocycles. The molecule has 1 atom stereocenters. The van der Waals surface area contributed by atoms with Crippen molar-refractivity contribution in [3.05, 3.63) is 23.8 Å². The van der Waals surface area contributed by atoms with Crippen LogP contribution in [0.1, 0.15) is 45.1 Å². The lowest BCUT2D eigenvalue weighted by Crippen LogP contribution is -2.33. The van der Waals surface area contributed by atoms with E-state index < -0.39 is 16.0 Å². The smallest absolute Gasteiger partial charge is 0.306 e. The first-order chi connectivity index (χ1) is 12.7. The minimum atomic E-state index is -3.64. The first kappa shape index (κ1) is 19.8. The number of carboxylic acids is 1. The first-order valence-electron chi connectivity index (χ1n) is 9.34. The lowest BCUT2D eigenvalue weighted by Gasteiger charge is -2.26. The maximum atomic E-state index is 12.7. The van der Waals surface area contributed by atoms with Crippen LogP contribution in [0.15, 0.2) is 23.1 Å². The Hall–Kier alpha value is -1.93. The Bertz CT molecular complexity index is 844. The van der Waals surface area contributed by atoms with Gasteiger partial charge < -0.3 is 10.0 Å². The highest BCUT2D eigenvalue weighted by atomic mass is 32.2. The van der Waals surface area contributed by atoms with Gasteiger partial charge in [0.15, 0.2) is 0 Å². The molecule has 2 N–H and O–H groups in total. The van der Waals surface area contributed by atoms with Gasteiger partial charge in [-0.25, -0.2) is 13.1 Å². The van der Waals surface area contributed by atoms with Crippen molar-refractivity contribution in [3.8, 4) is 0 Å². The van der Waals surface area contributed by atoms with Crippen LogP contribution in [0.25, 0.3) is 0 Å². The van der Waals surface area contributed by atoms with E-state index in [0.29, 0.717) is 25.8 Å². The van der Waals surface area contributed by atoms with E-state index in [0.717, 1.165) is 24.1 Å². The zero-order valence-corrected chi connectivity index (χ0v) is 16.5. The van der Waals surface area contributed by atoms with Crippen LogP contribution >= 0.6 is 0 Å². The highest BCUT2D eigenvalue weighted by molar-refractivity contribution is 7.89. The van der Waals surface area contributed by atoms with Crippen LogP contribution in [0.5, 0.6) is 0 Å². The molecule has 2 aliphatic rings. The summed E-state index contributed by atoms with van der Waals surface area (Å²) in [7, 11) is -3.64. The Balaban J connectivity index is 1.66. The van der Waals surface area contributed by atoms with Gasteiger partial charge in [-0.15, -0.1) is 0 Å². The van der Waals surface area contributed by atoms with Gasteiger partial charge in [-0.2, -0.15) is 0 Å². The fourth-order valence-electron chi connectivity index (χ4n) is 4.18. The molecule has 3 rings (SSSR count). The molecule has 1 fully saturated rings. The van der Waals surface area contributed by atoms with E-state index in [4.69, 9.17) is 5.11 Å². The Morgan fingerprint density at radius 2 is 1.89 bits per heavy atom. The van der Waals surface area contributed by atoms with E-state index in [1.165, 1.54) is 13.0 Å². The molecule has 0 spiro atoms. The number of sulfonamides is 1. The number of nitrogens with one attached hydrogen (secondary N) is 1. The average molecular weight is 394 g/mol. The van der Waals surface area contributed by atoms with Gasteiger partial charge in [0.05, 0.1) is 10.8 Å². The number of amides is 1. The largest absolute Gasteiger partial charge is 0.481 e. The van der Waals surface area contributed by atoms with Crippen molar-refractivity contribution in [3.63, 3.8) is 0 Å². The number of carboxylic acid groups (broad SMARTS) is 1. The molecular formula is C19H26N2O5S. The maximum absolute atomic E-state index is 12.7. The molecule has 1 saturated carbocycles. The van der Waals surface area contributed by atoms with Crippen molar-refractivity contribution in [1.29, 1.82) is 0 Å². The molecule has 0 bridgehead atoms. The SMILES string of the molecule is CC(=O)N1c2ccc(S(=O)(=O)NCC3CCC(C(=O)O)CC3)cc2C[C@H]1C. The molecule has 1 amide bonds. The first-order valence-corrected chi connectivity index (χ1v) is 10.8. The van der Waals surface area contributed by atoms with Crippen molar-refractivity contribution in [2.24, 2.45) is 11.8 Å². The Kier molecular flexibility index (Phi) is 5.58. The topological polar surface area (TPSA) is 104 Å². The van der Waals surface area contributed by atoms with Gasteiger partial charge >= 0.3 is 5.97 Å². The molecule has 0 unspecified atom stereocenters. The van der Waals surface area contributed by atoms with E-state index in [1.807, 2.05) is 6.92 Å². The van der Waals surface area contributed by atoms with Crippen molar-refractivity contribution >= 4 is 27.6 Å². The fourth-order valence-corrected chi connectivity index (χ4v) is 5.35.